The third kappa shape index (κ3) is 8.29. The smallest absolute Gasteiger partial charge is 0.290 e. The molecule has 2 amide bonds. The number of carboxylic acid groups (broad SMARTS) is 1. The molecule has 0 bridgehead atoms. The molecule has 11 nitrogen and oxygen atoms in total. The minimum Gasteiger partial charge on any atom is -0.483 e. The predicted octanol–water partition coefficient (Wildman–Crippen LogP) is 1.02. The molecule has 1 aliphatic rings. The van der Waals surface area contributed by atoms with Crippen LogP contribution in [-0.4, -0.2) is 87.9 Å². The number of hydrogen-bond donors (Lipinski definition) is 2. The van der Waals surface area contributed by atoms with Crippen LogP contribution in [-0.2, 0) is 27.3 Å². The number of aryl methyl sites for hydroxylation is 3. The average Bonchev–Trinajstić information content (AvgIpc) is 3.25. The molecular weight excluding hydrogens is 440 g/mol. The van der Waals surface area contributed by atoms with Crippen LogP contribution in [0.4, 0.5) is 0 Å². The second-order valence-corrected chi connectivity index (χ2v) is 8.89. The number of amides is 2. The van der Waals surface area contributed by atoms with Gasteiger partial charge in [0.2, 0.25) is 11.8 Å². The summed E-state index contributed by atoms with van der Waals surface area (Å²) in [6, 6.07) is 3.83. The van der Waals surface area contributed by atoms with Gasteiger partial charge in [0.25, 0.3) is 6.47 Å². The molecule has 2 atom stereocenters. The van der Waals surface area contributed by atoms with Crippen LogP contribution in [0.5, 0.6) is 0 Å². The predicted molar refractivity (Wildman–Crippen MR) is 125 cm³/mol. The highest BCUT2D eigenvalue weighted by atomic mass is 16.5. The second kappa shape index (κ2) is 12.9. The van der Waals surface area contributed by atoms with Crippen molar-refractivity contribution >= 4 is 18.3 Å². The van der Waals surface area contributed by atoms with Crippen molar-refractivity contribution in [2.45, 2.75) is 52.6 Å². The number of carbonyl (C=O) groups excluding carboxylic acids is 2. The molecular formula is C23H36N6O5. The molecule has 0 aromatic carbocycles. The summed E-state index contributed by atoms with van der Waals surface area (Å²) in [5, 5.41) is 18.3. The van der Waals surface area contributed by atoms with Crippen LogP contribution >= 0.6 is 0 Å². The maximum Gasteiger partial charge on any atom is 0.290 e. The van der Waals surface area contributed by atoms with Crippen molar-refractivity contribution in [3.05, 3.63) is 35.0 Å². The van der Waals surface area contributed by atoms with Gasteiger partial charge in [0, 0.05) is 44.5 Å². The largest absolute Gasteiger partial charge is 0.483 e. The van der Waals surface area contributed by atoms with Crippen LogP contribution in [0.15, 0.2) is 16.7 Å². The van der Waals surface area contributed by atoms with E-state index < -0.39 is 0 Å². The summed E-state index contributed by atoms with van der Waals surface area (Å²) in [6.07, 6.45) is 1.70. The fourth-order valence-electron chi connectivity index (χ4n) is 4.24. The summed E-state index contributed by atoms with van der Waals surface area (Å²) < 4.78 is 7.08. The van der Waals surface area contributed by atoms with E-state index >= 15 is 0 Å². The zero-order valence-electron chi connectivity index (χ0n) is 20.7. The number of aromatic nitrogens is 3. The molecule has 0 aliphatic carbocycles. The molecule has 0 radical (unpaired) electrons. The van der Waals surface area contributed by atoms with Gasteiger partial charge in [-0.15, -0.1) is 0 Å². The van der Waals surface area contributed by atoms with Gasteiger partial charge in [-0.1, -0.05) is 5.16 Å². The van der Waals surface area contributed by atoms with E-state index in [0.29, 0.717) is 25.4 Å². The quantitative estimate of drug-likeness (QED) is 0.566. The van der Waals surface area contributed by atoms with E-state index in [4.69, 9.17) is 14.4 Å². The molecule has 1 aliphatic heterocycles. The van der Waals surface area contributed by atoms with Crippen LogP contribution in [0.1, 0.15) is 35.7 Å². The highest BCUT2D eigenvalue weighted by molar-refractivity contribution is 5.79. The molecule has 1 saturated heterocycles. The monoisotopic (exact) mass is 476 g/mol. The van der Waals surface area contributed by atoms with Crippen molar-refractivity contribution in [2.75, 3.05) is 33.7 Å². The SMILES string of the molecule is Cc1cc(CC(=O)N[C@H]2CC[C@@H](C(=O)N(C)CCn3nc(C)cc3C)CN(C)C2)on1.O=CO. The van der Waals surface area contributed by atoms with E-state index in [1.807, 2.05) is 45.6 Å². The van der Waals surface area contributed by atoms with E-state index in [1.165, 1.54) is 0 Å². The molecule has 11 heteroatoms. The molecule has 3 rings (SSSR count). The lowest BCUT2D eigenvalue weighted by Crippen LogP contribution is -2.42. The molecule has 0 spiro atoms. The summed E-state index contributed by atoms with van der Waals surface area (Å²) >= 11 is 0. The number of nitrogens with one attached hydrogen (secondary N) is 1. The van der Waals surface area contributed by atoms with Gasteiger partial charge in [-0.3, -0.25) is 19.1 Å². The molecule has 2 N–H and O–H groups in total. The molecule has 0 saturated carbocycles. The van der Waals surface area contributed by atoms with Crippen molar-refractivity contribution in [3.8, 4) is 0 Å². The Bertz CT molecular complexity index is 956. The first-order valence-electron chi connectivity index (χ1n) is 11.4. The minimum atomic E-state index is -0.250. The van der Waals surface area contributed by atoms with Crippen molar-refractivity contribution in [3.63, 3.8) is 0 Å². The Kier molecular flexibility index (Phi) is 10.2. The number of carbonyl (C=O) groups is 3. The minimum absolute atomic E-state index is 0.0133. The Morgan fingerprint density at radius 1 is 1.24 bits per heavy atom. The Balaban J connectivity index is 0.00000129. The third-order valence-corrected chi connectivity index (χ3v) is 5.78. The van der Waals surface area contributed by atoms with Gasteiger partial charge in [0.1, 0.15) is 5.76 Å². The first-order chi connectivity index (χ1) is 16.1. The normalized spacial score (nSPS) is 18.4. The lowest BCUT2D eigenvalue weighted by molar-refractivity contribution is -0.135. The van der Waals surface area contributed by atoms with E-state index in [-0.39, 0.29) is 36.7 Å². The van der Waals surface area contributed by atoms with Crippen LogP contribution in [0.3, 0.4) is 0 Å². The Labute approximate surface area is 200 Å². The topological polar surface area (TPSA) is 134 Å². The highest BCUT2D eigenvalue weighted by Gasteiger charge is 2.29. The van der Waals surface area contributed by atoms with Gasteiger partial charge in [0.05, 0.1) is 30.3 Å². The van der Waals surface area contributed by atoms with Gasteiger partial charge >= 0.3 is 0 Å². The molecule has 0 unspecified atom stereocenters. The zero-order valence-corrected chi connectivity index (χ0v) is 20.7. The third-order valence-electron chi connectivity index (χ3n) is 5.78. The van der Waals surface area contributed by atoms with Gasteiger partial charge in [-0.2, -0.15) is 5.10 Å². The molecule has 188 valence electrons. The van der Waals surface area contributed by atoms with Gasteiger partial charge < -0.3 is 24.7 Å². The molecule has 34 heavy (non-hydrogen) atoms. The summed E-state index contributed by atoms with van der Waals surface area (Å²) in [6.45, 7) is 8.30. The van der Waals surface area contributed by atoms with Crippen LogP contribution < -0.4 is 5.32 Å². The fraction of sp³-hybridized carbons (Fsp3) is 0.609. The van der Waals surface area contributed by atoms with E-state index in [0.717, 1.165) is 36.5 Å². The summed E-state index contributed by atoms with van der Waals surface area (Å²) in [7, 11) is 3.86. The highest BCUT2D eigenvalue weighted by Crippen LogP contribution is 2.18. The van der Waals surface area contributed by atoms with Crippen LogP contribution in [0.2, 0.25) is 0 Å². The van der Waals surface area contributed by atoms with Crippen LogP contribution in [0.25, 0.3) is 0 Å². The molecule has 1 fully saturated rings. The second-order valence-electron chi connectivity index (χ2n) is 8.89. The lowest BCUT2D eigenvalue weighted by Gasteiger charge is -2.25. The summed E-state index contributed by atoms with van der Waals surface area (Å²) in [5.74, 6) is 0.558. The number of rotatable bonds is 7. The van der Waals surface area contributed by atoms with E-state index in [9.17, 15) is 9.59 Å². The average molecular weight is 477 g/mol. The Morgan fingerprint density at radius 2 is 1.94 bits per heavy atom. The van der Waals surface area contributed by atoms with Crippen molar-refractivity contribution in [1.82, 2.24) is 30.1 Å². The summed E-state index contributed by atoms with van der Waals surface area (Å²) in [5.41, 5.74) is 2.86. The maximum absolute atomic E-state index is 13.0. The van der Waals surface area contributed by atoms with Crippen LogP contribution in [0, 0.1) is 26.7 Å². The first-order valence-corrected chi connectivity index (χ1v) is 11.4. The van der Waals surface area contributed by atoms with Gasteiger partial charge in [-0.05, 0) is 46.7 Å². The van der Waals surface area contributed by atoms with Gasteiger partial charge in [-0.25, -0.2) is 0 Å². The maximum atomic E-state index is 13.0. The summed E-state index contributed by atoms with van der Waals surface area (Å²) in [4.78, 5) is 37.7. The first kappa shape index (κ1) is 27.0. The molecule has 2 aromatic rings. The number of nitrogens with zero attached hydrogens (tertiary/aromatic N) is 5. The fourth-order valence-corrected chi connectivity index (χ4v) is 4.24. The van der Waals surface area contributed by atoms with Crippen molar-refractivity contribution < 1.29 is 24.0 Å². The molecule has 3 heterocycles. The Hall–Kier alpha value is -3.21. The molecule has 2 aromatic heterocycles. The van der Waals surface area contributed by atoms with Crippen molar-refractivity contribution in [2.24, 2.45) is 5.92 Å². The van der Waals surface area contributed by atoms with E-state index in [2.05, 4.69) is 20.5 Å². The van der Waals surface area contributed by atoms with Gasteiger partial charge in [0.15, 0.2) is 0 Å². The van der Waals surface area contributed by atoms with Crippen molar-refractivity contribution in [1.29, 1.82) is 0 Å². The lowest BCUT2D eigenvalue weighted by atomic mass is 10.0. The number of hydrogen-bond acceptors (Lipinski definition) is 7. The van der Waals surface area contributed by atoms with E-state index in [1.54, 1.807) is 11.0 Å². The zero-order chi connectivity index (χ0) is 25.3. The number of likely N-dealkylation sites (N-methyl/N-ethyl adjacent to an activating group) is 2. The standard InChI is InChI=1S/C22H34N6O3.CH2O2/c1-15-10-17(3)28(24-15)9-8-27(5)22(30)18-6-7-19(14-26(4)13-18)23-21(29)12-20-11-16(2)25-31-20;2-1-3/h10-11,18-19H,6-9,12-14H2,1-5H3,(H,23,29);1H,(H,2,3)/t18-,19+;/m1./s1. The number of likely N-dealkylation sites (tertiary alicyclic amines) is 1. The Morgan fingerprint density at radius 3 is 2.53 bits per heavy atom.